The van der Waals surface area contributed by atoms with Crippen LogP contribution in [-0.2, 0) is 16.0 Å². The average Bonchev–Trinajstić information content (AvgIpc) is 2.96. The second kappa shape index (κ2) is 7.30. The highest BCUT2D eigenvalue weighted by Crippen LogP contribution is 2.27. The molecule has 0 saturated carbocycles. The third-order valence-corrected chi connectivity index (χ3v) is 5.45. The molecule has 2 aromatic rings. The molecule has 1 fully saturated rings. The number of rotatable bonds is 4. The summed E-state index contributed by atoms with van der Waals surface area (Å²) in [5.74, 6) is 0.883. The topological polar surface area (TPSA) is 62.3 Å². The fraction of sp³-hybridized carbons (Fsp3) is 0.500. The van der Waals surface area contributed by atoms with Gasteiger partial charge in [-0.05, 0) is 36.5 Å². The lowest BCUT2D eigenvalue weighted by Crippen LogP contribution is -2.38. The van der Waals surface area contributed by atoms with Gasteiger partial charge in [0.05, 0.1) is 16.6 Å². The number of hydrogen-bond donors (Lipinski definition) is 1. The van der Waals surface area contributed by atoms with Crippen LogP contribution in [0, 0.1) is 5.92 Å². The average molecular weight is 345 g/mol. The number of carbonyl (C=O) groups is 2. The molecular weight excluding hydrogens is 322 g/mol. The van der Waals surface area contributed by atoms with Gasteiger partial charge >= 0.3 is 0 Å². The minimum atomic E-state index is -0.0382. The predicted molar refractivity (Wildman–Crippen MR) is 97.2 cm³/mol. The van der Waals surface area contributed by atoms with E-state index < -0.39 is 0 Å². The predicted octanol–water partition coefficient (Wildman–Crippen LogP) is 3.45. The van der Waals surface area contributed by atoms with E-state index in [1.807, 2.05) is 30.0 Å². The summed E-state index contributed by atoms with van der Waals surface area (Å²) in [6.07, 6.45) is 3.06. The fourth-order valence-electron chi connectivity index (χ4n) is 2.88. The number of thiazole rings is 1. The molecule has 1 aromatic heterocycles. The first-order valence-corrected chi connectivity index (χ1v) is 9.34. The Morgan fingerprint density at radius 3 is 2.79 bits per heavy atom. The van der Waals surface area contributed by atoms with Crippen LogP contribution in [0.15, 0.2) is 18.2 Å². The number of aromatic nitrogens is 1. The van der Waals surface area contributed by atoms with E-state index in [0.717, 1.165) is 47.6 Å². The van der Waals surface area contributed by atoms with Crippen molar-refractivity contribution in [3.8, 4) is 0 Å². The molecule has 128 valence electrons. The summed E-state index contributed by atoms with van der Waals surface area (Å²) in [7, 11) is 0. The quantitative estimate of drug-likeness (QED) is 0.923. The molecule has 2 heterocycles. The Balaban J connectivity index is 1.68. The van der Waals surface area contributed by atoms with Crippen molar-refractivity contribution >= 4 is 38.5 Å². The molecule has 1 aliphatic heterocycles. The Bertz CT molecular complexity index is 748. The zero-order valence-electron chi connectivity index (χ0n) is 14.2. The fourth-order valence-corrected chi connectivity index (χ4v) is 3.83. The van der Waals surface area contributed by atoms with E-state index in [4.69, 9.17) is 0 Å². The van der Waals surface area contributed by atoms with Gasteiger partial charge in [-0.25, -0.2) is 4.98 Å². The SMILES string of the molecule is CCC(=O)Nc1nc2ccc(CC(=O)N3CCC(C)CC3)cc2s1. The number of likely N-dealkylation sites (tertiary alicyclic amines) is 1. The lowest BCUT2D eigenvalue weighted by molar-refractivity contribution is -0.131. The molecule has 0 aliphatic carbocycles. The molecule has 3 rings (SSSR count). The molecule has 24 heavy (non-hydrogen) atoms. The lowest BCUT2D eigenvalue weighted by atomic mass is 9.98. The largest absolute Gasteiger partial charge is 0.342 e. The first-order valence-electron chi connectivity index (χ1n) is 8.52. The molecule has 6 heteroatoms. The maximum Gasteiger partial charge on any atom is 0.226 e. The molecule has 1 saturated heterocycles. The number of nitrogens with one attached hydrogen (secondary N) is 1. The standard InChI is InChI=1S/C18H23N3O2S/c1-3-16(22)20-18-19-14-5-4-13(10-15(14)24-18)11-17(23)21-8-6-12(2)7-9-21/h4-5,10,12H,3,6-9,11H2,1-2H3,(H,19,20,22). The monoisotopic (exact) mass is 345 g/mol. The van der Waals surface area contributed by atoms with Gasteiger partial charge < -0.3 is 10.2 Å². The molecule has 2 amide bonds. The van der Waals surface area contributed by atoms with Crippen molar-refractivity contribution in [1.29, 1.82) is 0 Å². The summed E-state index contributed by atoms with van der Waals surface area (Å²) < 4.78 is 0.999. The molecule has 0 bridgehead atoms. The van der Waals surface area contributed by atoms with Crippen LogP contribution in [-0.4, -0.2) is 34.8 Å². The number of fused-ring (bicyclic) bond motifs is 1. The summed E-state index contributed by atoms with van der Waals surface area (Å²) in [5, 5.41) is 3.41. The van der Waals surface area contributed by atoms with E-state index in [1.54, 1.807) is 0 Å². The van der Waals surface area contributed by atoms with Crippen LogP contribution in [0.3, 0.4) is 0 Å². The Hall–Kier alpha value is -1.95. The minimum absolute atomic E-state index is 0.0382. The van der Waals surface area contributed by atoms with Crippen molar-refractivity contribution in [1.82, 2.24) is 9.88 Å². The van der Waals surface area contributed by atoms with Crippen LogP contribution in [0.4, 0.5) is 5.13 Å². The van der Waals surface area contributed by atoms with Crippen LogP contribution in [0.25, 0.3) is 10.2 Å². The smallest absolute Gasteiger partial charge is 0.226 e. The van der Waals surface area contributed by atoms with Gasteiger partial charge in [-0.3, -0.25) is 9.59 Å². The Kier molecular flexibility index (Phi) is 5.14. The van der Waals surface area contributed by atoms with Gasteiger partial charge in [0.1, 0.15) is 0 Å². The highest BCUT2D eigenvalue weighted by atomic mass is 32.1. The molecular formula is C18H23N3O2S. The van der Waals surface area contributed by atoms with Crippen LogP contribution < -0.4 is 5.32 Å². The normalized spacial score (nSPS) is 15.7. The molecule has 0 spiro atoms. The number of anilines is 1. The number of nitrogens with zero attached hydrogens (tertiary/aromatic N) is 2. The number of hydrogen-bond acceptors (Lipinski definition) is 4. The molecule has 1 N–H and O–H groups in total. The number of carbonyl (C=O) groups excluding carboxylic acids is 2. The third kappa shape index (κ3) is 3.93. The van der Waals surface area contributed by atoms with E-state index >= 15 is 0 Å². The number of piperidine rings is 1. The maximum atomic E-state index is 12.5. The molecule has 1 aromatic carbocycles. The first kappa shape index (κ1) is 16.9. The van der Waals surface area contributed by atoms with Crippen molar-refractivity contribution in [2.45, 2.75) is 39.5 Å². The lowest BCUT2D eigenvalue weighted by Gasteiger charge is -2.30. The van der Waals surface area contributed by atoms with Crippen molar-refractivity contribution < 1.29 is 9.59 Å². The van der Waals surface area contributed by atoms with Gasteiger partial charge in [-0.2, -0.15) is 0 Å². The van der Waals surface area contributed by atoms with Crippen molar-refractivity contribution in [3.05, 3.63) is 23.8 Å². The van der Waals surface area contributed by atoms with E-state index in [9.17, 15) is 9.59 Å². The Morgan fingerprint density at radius 1 is 1.33 bits per heavy atom. The van der Waals surface area contributed by atoms with Crippen LogP contribution in [0.2, 0.25) is 0 Å². The van der Waals surface area contributed by atoms with Gasteiger partial charge in [-0.1, -0.05) is 31.3 Å². The second-order valence-electron chi connectivity index (χ2n) is 6.46. The Labute approximate surface area is 146 Å². The number of amides is 2. The van der Waals surface area contributed by atoms with Crippen LogP contribution >= 0.6 is 11.3 Å². The molecule has 5 nitrogen and oxygen atoms in total. The maximum absolute atomic E-state index is 12.5. The highest BCUT2D eigenvalue weighted by Gasteiger charge is 2.20. The summed E-state index contributed by atoms with van der Waals surface area (Å²) in [6, 6.07) is 5.89. The first-order chi connectivity index (χ1) is 11.5. The van der Waals surface area contributed by atoms with Gasteiger partial charge in [-0.15, -0.1) is 0 Å². The van der Waals surface area contributed by atoms with E-state index in [2.05, 4.69) is 17.2 Å². The van der Waals surface area contributed by atoms with Crippen LogP contribution in [0.5, 0.6) is 0 Å². The van der Waals surface area contributed by atoms with E-state index in [0.29, 0.717) is 18.0 Å². The van der Waals surface area contributed by atoms with Crippen LogP contribution in [0.1, 0.15) is 38.7 Å². The van der Waals surface area contributed by atoms with Gasteiger partial charge in [0.15, 0.2) is 5.13 Å². The molecule has 0 atom stereocenters. The molecule has 1 aliphatic rings. The summed E-state index contributed by atoms with van der Waals surface area (Å²) in [4.78, 5) is 30.3. The van der Waals surface area contributed by atoms with Crippen molar-refractivity contribution in [2.24, 2.45) is 5.92 Å². The number of benzene rings is 1. The highest BCUT2D eigenvalue weighted by molar-refractivity contribution is 7.22. The summed E-state index contributed by atoms with van der Waals surface area (Å²) in [6.45, 7) is 5.80. The summed E-state index contributed by atoms with van der Waals surface area (Å²) in [5.41, 5.74) is 1.86. The van der Waals surface area contributed by atoms with Crippen molar-refractivity contribution in [2.75, 3.05) is 18.4 Å². The van der Waals surface area contributed by atoms with Gasteiger partial charge in [0, 0.05) is 19.5 Å². The van der Waals surface area contributed by atoms with E-state index in [1.165, 1.54) is 11.3 Å². The van der Waals surface area contributed by atoms with E-state index in [-0.39, 0.29) is 11.8 Å². The molecule has 0 unspecified atom stereocenters. The third-order valence-electron chi connectivity index (χ3n) is 4.51. The summed E-state index contributed by atoms with van der Waals surface area (Å²) >= 11 is 1.45. The zero-order chi connectivity index (χ0) is 17.1. The Morgan fingerprint density at radius 2 is 2.08 bits per heavy atom. The molecule has 0 radical (unpaired) electrons. The van der Waals surface area contributed by atoms with Gasteiger partial charge in [0.25, 0.3) is 0 Å². The zero-order valence-corrected chi connectivity index (χ0v) is 15.0. The second-order valence-corrected chi connectivity index (χ2v) is 7.49. The van der Waals surface area contributed by atoms with Gasteiger partial charge in [0.2, 0.25) is 11.8 Å². The minimum Gasteiger partial charge on any atom is -0.342 e. The van der Waals surface area contributed by atoms with Crippen molar-refractivity contribution in [3.63, 3.8) is 0 Å².